The first-order valence-electron chi connectivity index (χ1n) is 11.2. The molecule has 1 aromatic heterocycles. The summed E-state index contributed by atoms with van der Waals surface area (Å²) in [5.74, 6) is 0.767. The average Bonchev–Trinajstić information content (AvgIpc) is 3.27. The topological polar surface area (TPSA) is 81.1 Å². The molecule has 0 saturated heterocycles. The quantitative estimate of drug-likeness (QED) is 0.396. The molecule has 5 rings (SSSR count). The summed E-state index contributed by atoms with van der Waals surface area (Å²) in [4.78, 5) is 13.5. The number of benzene rings is 3. The molecule has 178 valence electrons. The van der Waals surface area contributed by atoms with Crippen molar-refractivity contribution in [2.24, 2.45) is 0 Å². The molecule has 0 fully saturated rings. The molecule has 3 aromatic carbocycles. The van der Waals surface area contributed by atoms with E-state index in [-0.39, 0.29) is 18.3 Å². The number of halogens is 1. The zero-order valence-electron chi connectivity index (χ0n) is 19.2. The highest BCUT2D eigenvalue weighted by atomic mass is 32.2. The summed E-state index contributed by atoms with van der Waals surface area (Å²) in [7, 11) is 0. The third kappa shape index (κ3) is 5.00. The van der Waals surface area contributed by atoms with Crippen LogP contribution in [-0.2, 0) is 11.4 Å². The molecule has 2 N–H and O–H groups in total. The highest BCUT2D eigenvalue weighted by molar-refractivity contribution is 8.00. The Morgan fingerprint density at radius 3 is 2.63 bits per heavy atom. The van der Waals surface area contributed by atoms with Crippen molar-refractivity contribution < 1.29 is 13.9 Å². The standard InChI is InChI=1S/C26H24FN5O2S/c1-16-8-9-17(2)21(14-16)28-25(33)24-23(18-10-12-19(27)13-11-18)31-32-22(29-30-26(32)35-24)15-34-20-6-4-3-5-7-20/h3-14,23-24,31H,15H2,1-2H3,(H,28,33)/t23-,24-/m0/s1. The summed E-state index contributed by atoms with van der Waals surface area (Å²) < 4.78 is 21.2. The van der Waals surface area contributed by atoms with Gasteiger partial charge in [0.15, 0.2) is 5.82 Å². The van der Waals surface area contributed by atoms with Crippen molar-refractivity contribution in [1.29, 1.82) is 0 Å². The first-order valence-corrected chi connectivity index (χ1v) is 12.0. The Kier molecular flexibility index (Phi) is 6.41. The van der Waals surface area contributed by atoms with Gasteiger partial charge in [-0.05, 0) is 60.9 Å². The molecule has 0 saturated carbocycles. The Hall–Kier alpha value is -3.85. The smallest absolute Gasteiger partial charge is 0.240 e. The third-order valence-corrected chi connectivity index (χ3v) is 6.97. The summed E-state index contributed by atoms with van der Waals surface area (Å²) >= 11 is 1.31. The van der Waals surface area contributed by atoms with Crippen LogP contribution in [0.15, 0.2) is 78.0 Å². The highest BCUT2D eigenvalue weighted by Crippen LogP contribution is 2.38. The van der Waals surface area contributed by atoms with Crippen molar-refractivity contribution in [2.45, 2.75) is 36.9 Å². The molecule has 1 aliphatic rings. The molecule has 0 radical (unpaired) electrons. The monoisotopic (exact) mass is 489 g/mol. The number of hydrogen-bond donors (Lipinski definition) is 2. The summed E-state index contributed by atoms with van der Waals surface area (Å²) in [6.45, 7) is 4.13. The number of fused-ring (bicyclic) bond motifs is 1. The molecule has 35 heavy (non-hydrogen) atoms. The predicted octanol–water partition coefficient (Wildman–Crippen LogP) is 5.01. The predicted molar refractivity (Wildman–Crippen MR) is 133 cm³/mol. The maximum Gasteiger partial charge on any atom is 0.240 e. The number of carbonyl (C=O) groups is 1. The number of thioether (sulfide) groups is 1. The molecule has 2 atom stereocenters. The molecular formula is C26H24FN5O2S. The Balaban J connectivity index is 1.43. The fraction of sp³-hybridized carbons (Fsp3) is 0.192. The van der Waals surface area contributed by atoms with Crippen molar-refractivity contribution in [2.75, 3.05) is 10.7 Å². The number of carbonyl (C=O) groups excluding carboxylic acids is 1. The third-order valence-electron chi connectivity index (χ3n) is 5.75. The van der Waals surface area contributed by atoms with Crippen LogP contribution in [0.3, 0.4) is 0 Å². The molecule has 0 unspecified atom stereocenters. The van der Waals surface area contributed by atoms with E-state index in [1.807, 2.05) is 62.4 Å². The van der Waals surface area contributed by atoms with E-state index in [0.717, 1.165) is 22.4 Å². The van der Waals surface area contributed by atoms with Crippen molar-refractivity contribution in [3.8, 4) is 5.75 Å². The summed E-state index contributed by atoms with van der Waals surface area (Å²) in [6, 6.07) is 21.1. The van der Waals surface area contributed by atoms with Crippen LogP contribution in [-0.4, -0.2) is 26.0 Å². The molecule has 0 aliphatic carbocycles. The normalized spacial score (nSPS) is 16.8. The number of nitrogens with zero attached hydrogens (tertiary/aromatic N) is 3. The first kappa shape index (κ1) is 22.9. The molecular weight excluding hydrogens is 465 g/mol. The van der Waals surface area contributed by atoms with Crippen LogP contribution in [0.2, 0.25) is 0 Å². The van der Waals surface area contributed by atoms with Gasteiger partial charge in [-0.3, -0.25) is 4.79 Å². The van der Waals surface area contributed by atoms with E-state index >= 15 is 0 Å². The summed E-state index contributed by atoms with van der Waals surface area (Å²) in [5.41, 5.74) is 6.93. The van der Waals surface area contributed by atoms with E-state index in [1.54, 1.807) is 16.8 Å². The first-order chi connectivity index (χ1) is 17.0. The molecule has 2 heterocycles. The molecule has 0 spiro atoms. The van der Waals surface area contributed by atoms with Gasteiger partial charge < -0.3 is 15.5 Å². The van der Waals surface area contributed by atoms with E-state index in [1.165, 1.54) is 23.9 Å². The van der Waals surface area contributed by atoms with Crippen LogP contribution in [0.4, 0.5) is 10.1 Å². The van der Waals surface area contributed by atoms with Crippen molar-refractivity contribution >= 4 is 23.4 Å². The van der Waals surface area contributed by atoms with E-state index in [4.69, 9.17) is 4.74 Å². The number of amides is 1. The maximum absolute atomic E-state index is 13.6. The lowest BCUT2D eigenvalue weighted by Gasteiger charge is -2.33. The second-order valence-electron chi connectivity index (χ2n) is 8.34. The van der Waals surface area contributed by atoms with Gasteiger partial charge in [-0.15, -0.1) is 10.2 Å². The van der Waals surface area contributed by atoms with E-state index in [2.05, 4.69) is 20.9 Å². The molecule has 0 bridgehead atoms. The number of para-hydroxylation sites is 1. The zero-order chi connectivity index (χ0) is 24.4. The SMILES string of the molecule is Cc1ccc(C)c(NC(=O)[C@H]2Sc3nnc(COc4ccccc4)n3N[C@H]2c2ccc(F)cc2)c1. The number of nitrogens with one attached hydrogen (secondary N) is 2. The Bertz CT molecular complexity index is 1340. The zero-order valence-corrected chi connectivity index (χ0v) is 20.1. The number of aromatic nitrogens is 3. The van der Waals surface area contributed by atoms with Gasteiger partial charge in [0, 0.05) is 5.69 Å². The van der Waals surface area contributed by atoms with Crippen molar-refractivity contribution in [1.82, 2.24) is 14.9 Å². The molecule has 1 aliphatic heterocycles. The van der Waals surface area contributed by atoms with Gasteiger partial charge in [0.25, 0.3) is 0 Å². The fourth-order valence-electron chi connectivity index (χ4n) is 3.85. The minimum atomic E-state index is -0.569. The van der Waals surface area contributed by atoms with Crippen LogP contribution < -0.4 is 15.5 Å². The maximum atomic E-state index is 13.6. The van der Waals surface area contributed by atoms with Gasteiger partial charge in [-0.25, -0.2) is 9.07 Å². The van der Waals surface area contributed by atoms with Gasteiger partial charge in [0.1, 0.15) is 23.4 Å². The van der Waals surface area contributed by atoms with E-state index < -0.39 is 11.3 Å². The van der Waals surface area contributed by atoms with E-state index in [0.29, 0.717) is 16.7 Å². The van der Waals surface area contributed by atoms with Gasteiger partial charge in [-0.1, -0.05) is 54.2 Å². The van der Waals surface area contributed by atoms with E-state index in [9.17, 15) is 9.18 Å². The lowest BCUT2D eigenvalue weighted by molar-refractivity contribution is -0.116. The minimum absolute atomic E-state index is 0.179. The fourth-order valence-corrected chi connectivity index (χ4v) is 4.95. The molecule has 9 heteroatoms. The van der Waals surface area contributed by atoms with Crippen molar-refractivity contribution in [3.63, 3.8) is 0 Å². The Labute approximate surface area is 206 Å². The lowest BCUT2D eigenvalue weighted by Crippen LogP contribution is -2.41. The number of hydrogen-bond acceptors (Lipinski definition) is 6. The number of rotatable bonds is 6. The molecule has 1 amide bonds. The summed E-state index contributed by atoms with van der Waals surface area (Å²) in [6.07, 6.45) is 0. The van der Waals surface area contributed by atoms with Crippen LogP contribution in [0, 0.1) is 19.7 Å². The van der Waals surface area contributed by atoms with Gasteiger partial charge in [-0.2, -0.15) is 0 Å². The minimum Gasteiger partial charge on any atom is -0.486 e. The Morgan fingerprint density at radius 2 is 1.86 bits per heavy atom. The second kappa shape index (κ2) is 9.79. The van der Waals surface area contributed by atoms with Gasteiger partial charge in [0.2, 0.25) is 11.1 Å². The molecule has 4 aromatic rings. The number of aryl methyl sites for hydroxylation is 2. The Morgan fingerprint density at radius 1 is 1.09 bits per heavy atom. The number of ether oxygens (including phenoxy) is 1. The highest BCUT2D eigenvalue weighted by Gasteiger charge is 2.38. The summed E-state index contributed by atoms with van der Waals surface area (Å²) in [5, 5.41) is 11.6. The van der Waals surface area contributed by atoms with Gasteiger partial charge in [0.05, 0.1) is 6.04 Å². The van der Waals surface area contributed by atoms with Crippen molar-refractivity contribution in [3.05, 3.63) is 101 Å². The number of anilines is 1. The van der Waals surface area contributed by atoms with Crippen LogP contribution in [0.1, 0.15) is 28.6 Å². The van der Waals surface area contributed by atoms with Crippen LogP contribution >= 0.6 is 11.8 Å². The second-order valence-corrected chi connectivity index (χ2v) is 9.45. The molecule has 7 nitrogen and oxygen atoms in total. The largest absolute Gasteiger partial charge is 0.486 e. The lowest BCUT2D eigenvalue weighted by atomic mass is 10.0. The van der Waals surface area contributed by atoms with Crippen LogP contribution in [0.25, 0.3) is 0 Å². The van der Waals surface area contributed by atoms with Crippen LogP contribution in [0.5, 0.6) is 5.75 Å². The average molecular weight is 490 g/mol. The van der Waals surface area contributed by atoms with Gasteiger partial charge >= 0.3 is 0 Å².